The molecule has 1 amide bonds. The third-order valence-electron chi connectivity index (χ3n) is 5.66. The number of aromatic nitrogens is 2. The van der Waals surface area contributed by atoms with Gasteiger partial charge in [-0.3, -0.25) is 14.2 Å². The summed E-state index contributed by atoms with van der Waals surface area (Å²) in [4.78, 5) is 33.2. The standard InChI is InChI=1S/C25H22ClN3O2S2/c26-17-9-6-10-18(13-17)27-21(30)15-32-25-28-23-22(19-11-4-5-12-20(19)33-23)24(31)29(25)14-16-7-2-1-3-8-16/h1-3,6-10,13H,4-5,11-12,14-15H2,(H,27,30). The minimum Gasteiger partial charge on any atom is -0.325 e. The number of hydrogen-bond acceptors (Lipinski definition) is 5. The first-order chi connectivity index (χ1) is 16.1. The van der Waals surface area contributed by atoms with E-state index < -0.39 is 0 Å². The van der Waals surface area contributed by atoms with Crippen LogP contribution in [0.5, 0.6) is 0 Å². The summed E-state index contributed by atoms with van der Waals surface area (Å²) in [5.41, 5.74) is 2.83. The molecule has 5 nitrogen and oxygen atoms in total. The molecule has 0 saturated heterocycles. The van der Waals surface area contributed by atoms with E-state index in [-0.39, 0.29) is 17.2 Å². The van der Waals surface area contributed by atoms with Gasteiger partial charge in [-0.25, -0.2) is 4.98 Å². The molecule has 2 aromatic carbocycles. The van der Waals surface area contributed by atoms with Crippen molar-refractivity contribution < 1.29 is 4.79 Å². The van der Waals surface area contributed by atoms with Gasteiger partial charge in [-0.15, -0.1) is 11.3 Å². The Bertz CT molecular complexity index is 1380. The van der Waals surface area contributed by atoms with Gasteiger partial charge >= 0.3 is 0 Å². The van der Waals surface area contributed by atoms with Crippen molar-refractivity contribution in [3.05, 3.63) is 86.0 Å². The van der Waals surface area contributed by atoms with E-state index in [0.717, 1.165) is 41.5 Å². The number of thioether (sulfide) groups is 1. The Kier molecular flexibility index (Phi) is 6.53. The number of hydrogen-bond donors (Lipinski definition) is 1. The molecule has 5 rings (SSSR count). The van der Waals surface area contributed by atoms with Gasteiger partial charge in [0.05, 0.1) is 17.7 Å². The van der Waals surface area contributed by atoms with Gasteiger partial charge in [0.25, 0.3) is 5.56 Å². The lowest BCUT2D eigenvalue weighted by atomic mass is 9.97. The molecule has 0 atom stereocenters. The second kappa shape index (κ2) is 9.71. The van der Waals surface area contributed by atoms with Crippen LogP contribution in [0.2, 0.25) is 5.02 Å². The molecule has 2 aromatic heterocycles. The number of nitrogens with one attached hydrogen (secondary N) is 1. The highest BCUT2D eigenvalue weighted by atomic mass is 35.5. The molecule has 1 aliphatic rings. The molecule has 168 valence electrons. The Labute approximate surface area is 204 Å². The van der Waals surface area contributed by atoms with E-state index >= 15 is 0 Å². The van der Waals surface area contributed by atoms with E-state index in [9.17, 15) is 9.59 Å². The number of halogens is 1. The van der Waals surface area contributed by atoms with E-state index in [1.165, 1.54) is 22.2 Å². The van der Waals surface area contributed by atoms with Gasteiger partial charge in [0.2, 0.25) is 5.91 Å². The van der Waals surface area contributed by atoms with Crippen molar-refractivity contribution in [1.29, 1.82) is 0 Å². The number of aryl methyl sites for hydroxylation is 2. The molecule has 4 aromatic rings. The normalized spacial score (nSPS) is 13.1. The summed E-state index contributed by atoms with van der Waals surface area (Å²) < 4.78 is 1.72. The van der Waals surface area contributed by atoms with Gasteiger partial charge in [0, 0.05) is 15.6 Å². The molecule has 0 unspecified atom stereocenters. The molecule has 0 aliphatic heterocycles. The van der Waals surface area contributed by atoms with E-state index in [0.29, 0.717) is 22.4 Å². The van der Waals surface area contributed by atoms with Gasteiger partial charge in [-0.05, 0) is 55.0 Å². The molecular formula is C25H22ClN3O2S2. The van der Waals surface area contributed by atoms with Crippen LogP contribution in [0.1, 0.15) is 28.8 Å². The van der Waals surface area contributed by atoms with E-state index in [2.05, 4.69) is 5.32 Å². The Morgan fingerprint density at radius 3 is 2.76 bits per heavy atom. The number of fused-ring (bicyclic) bond motifs is 3. The average molecular weight is 496 g/mol. The minimum atomic E-state index is -0.173. The molecule has 0 fully saturated rings. The summed E-state index contributed by atoms with van der Waals surface area (Å²) in [6.45, 7) is 0.422. The molecular weight excluding hydrogens is 474 g/mol. The first-order valence-corrected chi connectivity index (χ1v) is 13.0. The molecule has 0 radical (unpaired) electrons. The van der Waals surface area contributed by atoms with E-state index in [4.69, 9.17) is 16.6 Å². The van der Waals surface area contributed by atoms with Crippen molar-refractivity contribution in [3.8, 4) is 0 Å². The van der Waals surface area contributed by atoms with Gasteiger partial charge < -0.3 is 5.32 Å². The van der Waals surface area contributed by atoms with Crippen LogP contribution in [-0.4, -0.2) is 21.2 Å². The average Bonchev–Trinajstić information content (AvgIpc) is 3.19. The van der Waals surface area contributed by atoms with Crippen LogP contribution in [-0.2, 0) is 24.2 Å². The van der Waals surface area contributed by atoms with Crippen molar-refractivity contribution >= 4 is 56.5 Å². The smallest absolute Gasteiger partial charge is 0.263 e. The zero-order valence-electron chi connectivity index (χ0n) is 17.8. The fourth-order valence-corrected chi connectivity index (χ4v) is 6.42. The van der Waals surface area contributed by atoms with Gasteiger partial charge in [0.15, 0.2) is 5.16 Å². The summed E-state index contributed by atoms with van der Waals surface area (Å²) in [5.74, 6) is -0.0296. The maximum Gasteiger partial charge on any atom is 0.263 e. The Morgan fingerprint density at radius 1 is 1.12 bits per heavy atom. The Morgan fingerprint density at radius 2 is 1.94 bits per heavy atom. The number of anilines is 1. The Hall–Kier alpha value is -2.61. The number of benzene rings is 2. The lowest BCUT2D eigenvalue weighted by Crippen LogP contribution is -2.25. The first-order valence-electron chi connectivity index (χ1n) is 10.9. The predicted molar refractivity (Wildman–Crippen MR) is 137 cm³/mol. The quantitative estimate of drug-likeness (QED) is 0.272. The molecule has 0 spiro atoms. The van der Waals surface area contributed by atoms with Gasteiger partial charge in [-0.1, -0.05) is 59.8 Å². The zero-order chi connectivity index (χ0) is 22.8. The Balaban J connectivity index is 1.47. The number of amides is 1. The number of nitrogens with zero attached hydrogens (tertiary/aromatic N) is 2. The molecule has 1 aliphatic carbocycles. The fraction of sp³-hybridized carbons (Fsp3) is 0.240. The molecule has 33 heavy (non-hydrogen) atoms. The van der Waals surface area contributed by atoms with Crippen LogP contribution in [0.25, 0.3) is 10.2 Å². The summed E-state index contributed by atoms with van der Waals surface area (Å²) in [6, 6.07) is 16.9. The van der Waals surface area contributed by atoms with E-state index in [1.807, 2.05) is 30.3 Å². The predicted octanol–water partition coefficient (Wildman–Crippen LogP) is 5.77. The molecule has 2 heterocycles. The third kappa shape index (κ3) is 4.86. The summed E-state index contributed by atoms with van der Waals surface area (Å²) in [5, 5.41) is 4.75. The van der Waals surface area contributed by atoms with Crippen LogP contribution in [0, 0.1) is 0 Å². The minimum absolute atomic E-state index is 0.0130. The first kappa shape index (κ1) is 22.2. The van der Waals surface area contributed by atoms with Gasteiger partial charge in [-0.2, -0.15) is 0 Å². The highest BCUT2D eigenvalue weighted by molar-refractivity contribution is 7.99. The number of thiophene rings is 1. The summed E-state index contributed by atoms with van der Waals surface area (Å²) in [7, 11) is 0. The second-order valence-electron chi connectivity index (χ2n) is 8.01. The maximum atomic E-state index is 13.7. The molecule has 1 N–H and O–H groups in total. The largest absolute Gasteiger partial charge is 0.325 e. The zero-order valence-corrected chi connectivity index (χ0v) is 20.2. The number of carbonyl (C=O) groups is 1. The van der Waals surface area contributed by atoms with Crippen LogP contribution in [0.3, 0.4) is 0 Å². The summed E-state index contributed by atoms with van der Waals surface area (Å²) >= 11 is 8.93. The topological polar surface area (TPSA) is 64.0 Å². The van der Waals surface area contributed by atoms with E-state index in [1.54, 1.807) is 40.2 Å². The van der Waals surface area contributed by atoms with Crippen molar-refractivity contribution in [1.82, 2.24) is 9.55 Å². The molecule has 0 bridgehead atoms. The molecule has 0 saturated carbocycles. The van der Waals surface area contributed by atoms with Crippen molar-refractivity contribution in [2.75, 3.05) is 11.1 Å². The summed E-state index contributed by atoms with van der Waals surface area (Å²) in [6.07, 6.45) is 4.21. The van der Waals surface area contributed by atoms with Crippen molar-refractivity contribution in [2.45, 2.75) is 37.4 Å². The maximum absolute atomic E-state index is 13.7. The highest BCUT2D eigenvalue weighted by Crippen LogP contribution is 2.34. The van der Waals surface area contributed by atoms with Gasteiger partial charge in [0.1, 0.15) is 4.83 Å². The van der Waals surface area contributed by atoms with Crippen LogP contribution in [0.4, 0.5) is 5.69 Å². The fourth-order valence-electron chi connectivity index (χ4n) is 4.13. The second-order valence-corrected chi connectivity index (χ2v) is 10.5. The number of carbonyl (C=O) groups excluding carboxylic acids is 1. The van der Waals surface area contributed by atoms with Crippen molar-refractivity contribution in [3.63, 3.8) is 0 Å². The van der Waals surface area contributed by atoms with Crippen LogP contribution < -0.4 is 10.9 Å². The van der Waals surface area contributed by atoms with Crippen LogP contribution in [0.15, 0.2) is 64.5 Å². The SMILES string of the molecule is O=C(CSc1nc2sc3c(c2c(=O)n1Cc1ccccc1)CCCC3)Nc1cccc(Cl)c1. The number of rotatable bonds is 6. The lowest BCUT2D eigenvalue weighted by Gasteiger charge is -2.14. The molecule has 8 heteroatoms. The third-order valence-corrected chi connectivity index (χ3v) is 8.06. The monoisotopic (exact) mass is 495 g/mol. The van der Waals surface area contributed by atoms with Crippen molar-refractivity contribution in [2.24, 2.45) is 0 Å². The highest BCUT2D eigenvalue weighted by Gasteiger charge is 2.22. The van der Waals surface area contributed by atoms with Crippen LogP contribution >= 0.6 is 34.7 Å². The lowest BCUT2D eigenvalue weighted by molar-refractivity contribution is -0.113.